The molecule has 0 bridgehead atoms. The van der Waals surface area contributed by atoms with Crippen LogP contribution in [0.5, 0.6) is 0 Å². The Morgan fingerprint density at radius 1 is 1.53 bits per heavy atom. The zero-order chi connectivity index (χ0) is 10.8. The molecule has 0 aliphatic rings. The van der Waals surface area contributed by atoms with E-state index in [1.807, 2.05) is 4.57 Å². The quantitative estimate of drug-likeness (QED) is 0.597. The zero-order valence-electron chi connectivity index (χ0n) is 7.96. The summed E-state index contributed by atoms with van der Waals surface area (Å²) in [5, 5.41) is 10.6. The first kappa shape index (κ1) is 9.60. The van der Waals surface area contributed by atoms with E-state index in [9.17, 15) is 10.1 Å². The molecule has 1 aromatic carbocycles. The normalized spacial score (nSPS) is 10.7. The largest absolute Gasteiger partial charge is 0.329 e. The van der Waals surface area contributed by atoms with Crippen molar-refractivity contribution in [3.63, 3.8) is 0 Å². The molecule has 1 heterocycles. The number of imidazole rings is 1. The van der Waals surface area contributed by atoms with Gasteiger partial charge in [-0.2, -0.15) is 0 Å². The van der Waals surface area contributed by atoms with Crippen molar-refractivity contribution in [1.82, 2.24) is 9.55 Å². The average molecular weight is 206 g/mol. The number of nitro groups is 1. The van der Waals surface area contributed by atoms with E-state index in [0.29, 0.717) is 13.1 Å². The molecule has 6 nitrogen and oxygen atoms in total. The van der Waals surface area contributed by atoms with Crippen molar-refractivity contribution in [2.45, 2.75) is 6.54 Å². The molecule has 0 unspecified atom stereocenters. The summed E-state index contributed by atoms with van der Waals surface area (Å²) >= 11 is 0. The van der Waals surface area contributed by atoms with Gasteiger partial charge in [0.2, 0.25) is 0 Å². The van der Waals surface area contributed by atoms with Crippen molar-refractivity contribution in [1.29, 1.82) is 0 Å². The third-order valence-corrected chi connectivity index (χ3v) is 2.19. The number of hydrogen-bond acceptors (Lipinski definition) is 4. The van der Waals surface area contributed by atoms with Crippen molar-refractivity contribution in [2.75, 3.05) is 6.54 Å². The lowest BCUT2D eigenvalue weighted by Crippen LogP contribution is -2.08. The standard InChI is InChI=1S/C9H10N4O2/c10-3-4-12-6-11-8-2-1-7(13(14)15)5-9(8)12/h1-2,5-6H,3-4,10H2. The third kappa shape index (κ3) is 1.66. The summed E-state index contributed by atoms with van der Waals surface area (Å²) in [7, 11) is 0. The molecule has 1 aromatic heterocycles. The Morgan fingerprint density at radius 2 is 2.33 bits per heavy atom. The van der Waals surface area contributed by atoms with Crippen molar-refractivity contribution in [3.05, 3.63) is 34.6 Å². The van der Waals surface area contributed by atoms with Crippen LogP contribution in [0.3, 0.4) is 0 Å². The fourth-order valence-corrected chi connectivity index (χ4v) is 1.48. The third-order valence-electron chi connectivity index (χ3n) is 2.19. The summed E-state index contributed by atoms with van der Waals surface area (Å²) in [4.78, 5) is 14.3. The van der Waals surface area contributed by atoms with Gasteiger partial charge in [0, 0.05) is 25.2 Å². The van der Waals surface area contributed by atoms with E-state index in [-0.39, 0.29) is 5.69 Å². The number of benzene rings is 1. The summed E-state index contributed by atoms with van der Waals surface area (Å²) in [6.07, 6.45) is 1.64. The van der Waals surface area contributed by atoms with E-state index in [0.717, 1.165) is 11.0 Å². The molecule has 0 radical (unpaired) electrons. The number of nitrogens with zero attached hydrogens (tertiary/aromatic N) is 3. The van der Waals surface area contributed by atoms with Gasteiger partial charge in [-0.1, -0.05) is 0 Å². The van der Waals surface area contributed by atoms with Gasteiger partial charge in [-0.25, -0.2) is 4.98 Å². The maximum Gasteiger partial charge on any atom is 0.271 e. The van der Waals surface area contributed by atoms with Gasteiger partial charge in [0.1, 0.15) is 0 Å². The van der Waals surface area contributed by atoms with Crippen molar-refractivity contribution in [3.8, 4) is 0 Å². The second-order valence-corrected chi connectivity index (χ2v) is 3.16. The maximum atomic E-state index is 10.6. The van der Waals surface area contributed by atoms with E-state index in [2.05, 4.69) is 4.98 Å². The molecule has 78 valence electrons. The summed E-state index contributed by atoms with van der Waals surface area (Å²) in [6, 6.07) is 4.60. The second kappa shape index (κ2) is 3.66. The molecule has 0 saturated carbocycles. The fraction of sp³-hybridized carbons (Fsp3) is 0.222. The molecule has 2 rings (SSSR count). The lowest BCUT2D eigenvalue weighted by Gasteiger charge is -2.00. The number of nitro benzene ring substituents is 1. The van der Waals surface area contributed by atoms with E-state index in [1.54, 1.807) is 12.4 Å². The average Bonchev–Trinajstić information content (AvgIpc) is 2.61. The van der Waals surface area contributed by atoms with Crippen molar-refractivity contribution < 1.29 is 4.92 Å². The van der Waals surface area contributed by atoms with E-state index >= 15 is 0 Å². The minimum Gasteiger partial charge on any atom is -0.329 e. The van der Waals surface area contributed by atoms with Crippen LogP contribution in [0.4, 0.5) is 5.69 Å². The van der Waals surface area contributed by atoms with E-state index in [1.165, 1.54) is 12.1 Å². The predicted octanol–water partition coefficient (Wildman–Crippen LogP) is 0.903. The first-order valence-corrected chi connectivity index (χ1v) is 4.51. The van der Waals surface area contributed by atoms with Crippen LogP contribution in [-0.4, -0.2) is 21.0 Å². The Hall–Kier alpha value is -1.95. The molecule has 0 atom stereocenters. The van der Waals surface area contributed by atoms with Gasteiger partial charge in [-0.05, 0) is 6.07 Å². The Balaban J connectivity index is 2.56. The zero-order valence-corrected chi connectivity index (χ0v) is 7.96. The minimum atomic E-state index is -0.417. The summed E-state index contributed by atoms with van der Waals surface area (Å²) in [5.74, 6) is 0. The second-order valence-electron chi connectivity index (χ2n) is 3.16. The lowest BCUT2D eigenvalue weighted by molar-refractivity contribution is -0.384. The molecule has 0 spiro atoms. The van der Waals surface area contributed by atoms with Gasteiger partial charge in [0.25, 0.3) is 5.69 Å². The summed E-state index contributed by atoms with van der Waals surface area (Å²) < 4.78 is 1.81. The highest BCUT2D eigenvalue weighted by Crippen LogP contribution is 2.19. The van der Waals surface area contributed by atoms with Crippen LogP contribution in [0.1, 0.15) is 0 Å². The number of aromatic nitrogens is 2. The number of fused-ring (bicyclic) bond motifs is 1. The van der Waals surface area contributed by atoms with Gasteiger partial charge in [-0.15, -0.1) is 0 Å². The molecule has 2 N–H and O–H groups in total. The van der Waals surface area contributed by atoms with Gasteiger partial charge in [0.15, 0.2) is 0 Å². The van der Waals surface area contributed by atoms with E-state index < -0.39 is 4.92 Å². The first-order valence-electron chi connectivity index (χ1n) is 4.51. The highest BCUT2D eigenvalue weighted by atomic mass is 16.6. The Labute approximate surface area is 85.5 Å². The Kier molecular flexibility index (Phi) is 2.34. The molecule has 0 amide bonds. The van der Waals surface area contributed by atoms with Crippen LogP contribution in [0.2, 0.25) is 0 Å². The van der Waals surface area contributed by atoms with Gasteiger partial charge >= 0.3 is 0 Å². The lowest BCUT2D eigenvalue weighted by atomic mass is 10.3. The fourth-order valence-electron chi connectivity index (χ4n) is 1.48. The van der Waals surface area contributed by atoms with Gasteiger partial charge in [-0.3, -0.25) is 10.1 Å². The van der Waals surface area contributed by atoms with Gasteiger partial charge < -0.3 is 10.3 Å². The molecule has 15 heavy (non-hydrogen) atoms. The van der Waals surface area contributed by atoms with Crippen LogP contribution in [0.15, 0.2) is 24.5 Å². The molecular formula is C9H10N4O2. The molecular weight excluding hydrogens is 196 g/mol. The highest BCUT2D eigenvalue weighted by Gasteiger charge is 2.09. The molecule has 6 heteroatoms. The van der Waals surface area contributed by atoms with E-state index in [4.69, 9.17) is 5.73 Å². The molecule has 0 aliphatic carbocycles. The monoisotopic (exact) mass is 206 g/mol. The van der Waals surface area contributed by atoms with Crippen LogP contribution in [0.25, 0.3) is 11.0 Å². The summed E-state index contributed by atoms with van der Waals surface area (Å²) in [6.45, 7) is 1.09. The molecule has 2 aromatic rings. The van der Waals surface area contributed by atoms with Crippen molar-refractivity contribution >= 4 is 16.7 Å². The number of rotatable bonds is 3. The van der Waals surface area contributed by atoms with Crippen LogP contribution in [-0.2, 0) is 6.54 Å². The van der Waals surface area contributed by atoms with Gasteiger partial charge in [0.05, 0.1) is 22.3 Å². The number of nitrogens with two attached hydrogens (primary N) is 1. The highest BCUT2D eigenvalue weighted by molar-refractivity contribution is 5.77. The number of non-ortho nitro benzene ring substituents is 1. The SMILES string of the molecule is NCCn1cnc2ccc([N+](=O)[O-])cc21. The topological polar surface area (TPSA) is 87.0 Å². The Morgan fingerprint density at radius 3 is 3.00 bits per heavy atom. The van der Waals surface area contributed by atoms with Crippen LogP contribution in [0, 0.1) is 10.1 Å². The predicted molar refractivity (Wildman–Crippen MR) is 55.4 cm³/mol. The Bertz CT molecular complexity index is 506. The van der Waals surface area contributed by atoms with Crippen molar-refractivity contribution in [2.24, 2.45) is 5.73 Å². The molecule has 0 aliphatic heterocycles. The molecule has 0 fully saturated rings. The minimum absolute atomic E-state index is 0.0706. The van der Waals surface area contributed by atoms with Crippen LogP contribution >= 0.6 is 0 Å². The number of hydrogen-bond donors (Lipinski definition) is 1. The van der Waals surface area contributed by atoms with Crippen LogP contribution < -0.4 is 5.73 Å². The first-order chi connectivity index (χ1) is 7.22. The smallest absolute Gasteiger partial charge is 0.271 e. The summed E-state index contributed by atoms with van der Waals surface area (Å²) in [5.41, 5.74) is 6.99. The molecule has 0 saturated heterocycles. The maximum absolute atomic E-state index is 10.6.